The van der Waals surface area contributed by atoms with Gasteiger partial charge in [0.15, 0.2) is 0 Å². The first-order chi connectivity index (χ1) is 12.5. The molecule has 2 fully saturated rings. The van der Waals surface area contributed by atoms with E-state index >= 15 is 0 Å². The van der Waals surface area contributed by atoms with Crippen molar-refractivity contribution in [3.8, 4) is 0 Å². The molecule has 142 valence electrons. The Bertz CT molecular complexity index is 664. The highest BCUT2D eigenvalue weighted by Crippen LogP contribution is 2.50. The molecule has 1 saturated carbocycles. The van der Waals surface area contributed by atoms with Gasteiger partial charge >= 0.3 is 0 Å². The summed E-state index contributed by atoms with van der Waals surface area (Å²) in [6.07, 6.45) is 5.47. The van der Waals surface area contributed by atoms with E-state index in [1.807, 2.05) is 41.1 Å². The van der Waals surface area contributed by atoms with E-state index in [9.17, 15) is 9.59 Å². The van der Waals surface area contributed by atoms with Gasteiger partial charge in [0.2, 0.25) is 11.8 Å². The van der Waals surface area contributed by atoms with Crippen LogP contribution in [0.25, 0.3) is 0 Å². The number of nitrogens with zero attached hydrogens (tertiary/aromatic N) is 2. The van der Waals surface area contributed by atoms with Gasteiger partial charge in [-0.1, -0.05) is 37.1 Å². The summed E-state index contributed by atoms with van der Waals surface area (Å²) in [5.41, 5.74) is 0.659. The molecule has 5 heteroatoms. The van der Waals surface area contributed by atoms with E-state index in [4.69, 9.17) is 11.6 Å². The molecule has 1 heterocycles. The van der Waals surface area contributed by atoms with Crippen LogP contribution in [0.1, 0.15) is 51.0 Å². The van der Waals surface area contributed by atoms with Crippen LogP contribution in [-0.4, -0.2) is 48.3 Å². The SMILES string of the molecule is CCCCN(C)C(=O)C1CCN(C(=O)C2(c3cccc(Cl)c3)CC2)CC1. The molecule has 1 aliphatic carbocycles. The molecule has 0 N–H and O–H groups in total. The van der Waals surface area contributed by atoms with Crippen LogP contribution in [0.15, 0.2) is 24.3 Å². The van der Waals surface area contributed by atoms with E-state index in [-0.39, 0.29) is 23.1 Å². The Hall–Kier alpha value is -1.55. The molecule has 1 aromatic rings. The van der Waals surface area contributed by atoms with Crippen molar-refractivity contribution in [1.29, 1.82) is 0 Å². The van der Waals surface area contributed by atoms with Gasteiger partial charge in [0.05, 0.1) is 5.41 Å². The number of hydrogen-bond acceptors (Lipinski definition) is 2. The first kappa shape index (κ1) is 19.2. The predicted octanol–water partition coefficient (Wildman–Crippen LogP) is 3.87. The summed E-state index contributed by atoms with van der Waals surface area (Å²) in [5, 5.41) is 0.681. The molecule has 0 unspecified atom stereocenters. The largest absolute Gasteiger partial charge is 0.346 e. The minimum atomic E-state index is -0.375. The van der Waals surface area contributed by atoms with Gasteiger partial charge in [-0.05, 0) is 49.8 Å². The van der Waals surface area contributed by atoms with Gasteiger partial charge in [-0.25, -0.2) is 0 Å². The highest BCUT2D eigenvalue weighted by atomic mass is 35.5. The average molecular weight is 377 g/mol. The van der Waals surface area contributed by atoms with Crippen LogP contribution < -0.4 is 0 Å². The van der Waals surface area contributed by atoms with Crippen molar-refractivity contribution >= 4 is 23.4 Å². The number of carbonyl (C=O) groups excluding carboxylic acids is 2. The van der Waals surface area contributed by atoms with Crippen molar-refractivity contribution in [2.45, 2.75) is 50.9 Å². The lowest BCUT2D eigenvalue weighted by Gasteiger charge is -2.35. The zero-order chi connectivity index (χ0) is 18.7. The first-order valence-corrected chi connectivity index (χ1v) is 10.2. The summed E-state index contributed by atoms with van der Waals surface area (Å²) in [6, 6.07) is 7.70. The Morgan fingerprint density at radius 1 is 1.27 bits per heavy atom. The molecular weight excluding hydrogens is 348 g/mol. The molecule has 3 rings (SSSR count). The molecule has 2 amide bonds. The normalized spacial score (nSPS) is 19.3. The molecule has 1 aromatic carbocycles. The number of benzene rings is 1. The van der Waals surface area contributed by atoms with Gasteiger partial charge in [-0.2, -0.15) is 0 Å². The van der Waals surface area contributed by atoms with Gasteiger partial charge in [0, 0.05) is 37.6 Å². The van der Waals surface area contributed by atoms with E-state index in [0.29, 0.717) is 18.1 Å². The molecule has 0 aromatic heterocycles. The van der Waals surface area contributed by atoms with Crippen LogP contribution in [0.3, 0.4) is 0 Å². The van der Waals surface area contributed by atoms with Crippen molar-refractivity contribution < 1.29 is 9.59 Å². The molecular formula is C21H29ClN2O2. The summed E-state index contributed by atoms with van der Waals surface area (Å²) < 4.78 is 0. The Morgan fingerprint density at radius 3 is 2.54 bits per heavy atom. The Kier molecular flexibility index (Phi) is 5.91. The number of halogens is 1. The van der Waals surface area contributed by atoms with Crippen LogP contribution in [0.2, 0.25) is 5.02 Å². The summed E-state index contributed by atoms with van der Waals surface area (Å²) in [6.45, 7) is 4.32. The van der Waals surface area contributed by atoms with Gasteiger partial charge in [-0.3, -0.25) is 9.59 Å². The highest BCUT2D eigenvalue weighted by molar-refractivity contribution is 6.30. The van der Waals surface area contributed by atoms with E-state index in [2.05, 4.69) is 6.92 Å². The third-order valence-corrected chi connectivity index (χ3v) is 6.13. The maximum Gasteiger partial charge on any atom is 0.233 e. The molecule has 1 saturated heterocycles. The molecule has 4 nitrogen and oxygen atoms in total. The van der Waals surface area contributed by atoms with E-state index in [0.717, 1.165) is 50.6 Å². The standard InChI is InChI=1S/C21H29ClN2O2/c1-3-4-12-23(2)19(25)16-8-13-24(14-9-16)20(26)21(10-11-21)17-6-5-7-18(22)15-17/h5-7,15-16H,3-4,8-14H2,1-2H3. The van der Waals surface area contributed by atoms with E-state index in [1.165, 1.54) is 0 Å². The van der Waals surface area contributed by atoms with Crippen LogP contribution >= 0.6 is 11.6 Å². The quantitative estimate of drug-likeness (QED) is 0.756. The number of hydrogen-bond donors (Lipinski definition) is 0. The van der Waals surface area contributed by atoms with Crippen molar-refractivity contribution in [2.24, 2.45) is 5.92 Å². The van der Waals surface area contributed by atoms with Gasteiger partial charge in [0.1, 0.15) is 0 Å². The first-order valence-electron chi connectivity index (χ1n) is 9.78. The molecule has 2 aliphatic rings. The van der Waals surface area contributed by atoms with Crippen molar-refractivity contribution in [3.63, 3.8) is 0 Å². The smallest absolute Gasteiger partial charge is 0.233 e. The van der Waals surface area contributed by atoms with Crippen LogP contribution in [0.5, 0.6) is 0 Å². The van der Waals surface area contributed by atoms with Gasteiger partial charge < -0.3 is 9.80 Å². The monoisotopic (exact) mass is 376 g/mol. The molecule has 0 atom stereocenters. The third kappa shape index (κ3) is 3.90. The van der Waals surface area contributed by atoms with Gasteiger partial charge in [0.25, 0.3) is 0 Å². The van der Waals surface area contributed by atoms with Crippen LogP contribution in [0, 0.1) is 5.92 Å². The number of unbranched alkanes of at least 4 members (excludes halogenated alkanes) is 1. The van der Waals surface area contributed by atoms with Crippen molar-refractivity contribution in [3.05, 3.63) is 34.9 Å². The zero-order valence-corrected chi connectivity index (χ0v) is 16.6. The molecule has 1 aliphatic heterocycles. The summed E-state index contributed by atoms with van der Waals surface area (Å²) in [4.78, 5) is 29.5. The Balaban J connectivity index is 1.58. The van der Waals surface area contributed by atoms with Crippen LogP contribution in [0.4, 0.5) is 0 Å². The number of carbonyl (C=O) groups is 2. The number of amides is 2. The van der Waals surface area contributed by atoms with E-state index < -0.39 is 0 Å². The lowest BCUT2D eigenvalue weighted by Crippen LogP contribution is -2.47. The predicted molar refractivity (Wildman–Crippen MR) is 104 cm³/mol. The molecule has 0 radical (unpaired) electrons. The maximum absolute atomic E-state index is 13.1. The molecule has 26 heavy (non-hydrogen) atoms. The second-order valence-electron chi connectivity index (χ2n) is 7.77. The minimum Gasteiger partial charge on any atom is -0.346 e. The Morgan fingerprint density at radius 2 is 1.96 bits per heavy atom. The van der Waals surface area contributed by atoms with E-state index in [1.54, 1.807) is 0 Å². The zero-order valence-electron chi connectivity index (χ0n) is 15.8. The second kappa shape index (κ2) is 7.99. The second-order valence-corrected chi connectivity index (χ2v) is 8.21. The molecule has 0 spiro atoms. The van der Waals surface area contributed by atoms with Crippen molar-refractivity contribution in [1.82, 2.24) is 9.80 Å². The highest BCUT2D eigenvalue weighted by Gasteiger charge is 2.53. The van der Waals surface area contributed by atoms with Crippen LogP contribution in [-0.2, 0) is 15.0 Å². The fourth-order valence-electron chi connectivity index (χ4n) is 3.99. The molecule has 0 bridgehead atoms. The topological polar surface area (TPSA) is 40.6 Å². The number of rotatable bonds is 6. The lowest BCUT2D eigenvalue weighted by molar-refractivity contribution is -0.141. The lowest BCUT2D eigenvalue weighted by atomic mass is 9.90. The summed E-state index contributed by atoms with van der Waals surface area (Å²) in [7, 11) is 1.90. The van der Waals surface area contributed by atoms with Gasteiger partial charge in [-0.15, -0.1) is 0 Å². The third-order valence-electron chi connectivity index (χ3n) is 5.89. The maximum atomic E-state index is 13.1. The summed E-state index contributed by atoms with van der Waals surface area (Å²) >= 11 is 6.12. The summed E-state index contributed by atoms with van der Waals surface area (Å²) in [5.74, 6) is 0.508. The fourth-order valence-corrected chi connectivity index (χ4v) is 4.18. The van der Waals surface area contributed by atoms with Crippen molar-refractivity contribution in [2.75, 3.05) is 26.7 Å². The minimum absolute atomic E-state index is 0.0576. The number of likely N-dealkylation sites (tertiary alicyclic amines) is 1. The number of piperidine rings is 1. The fraction of sp³-hybridized carbons (Fsp3) is 0.619. The average Bonchev–Trinajstić information content (AvgIpc) is 3.47. The Labute approximate surface area is 161 Å².